The van der Waals surface area contributed by atoms with E-state index in [9.17, 15) is 0 Å². The van der Waals surface area contributed by atoms with Crippen LogP contribution in [0.25, 0.3) is 11.3 Å². The van der Waals surface area contributed by atoms with Gasteiger partial charge in [-0.1, -0.05) is 37.3 Å². The first kappa shape index (κ1) is 9.65. The van der Waals surface area contributed by atoms with Crippen LogP contribution in [0.5, 0.6) is 0 Å². The van der Waals surface area contributed by atoms with E-state index in [1.165, 1.54) is 0 Å². The van der Waals surface area contributed by atoms with Crippen molar-refractivity contribution in [2.24, 2.45) is 0 Å². The Labute approximate surface area is 89.0 Å². The summed E-state index contributed by atoms with van der Waals surface area (Å²) in [7, 11) is 0. The molecule has 0 spiro atoms. The summed E-state index contributed by atoms with van der Waals surface area (Å²) >= 11 is 0. The van der Waals surface area contributed by atoms with E-state index >= 15 is 0 Å². The summed E-state index contributed by atoms with van der Waals surface area (Å²) in [5, 5.41) is 0. The van der Waals surface area contributed by atoms with E-state index in [4.69, 9.17) is 5.73 Å². The zero-order chi connectivity index (χ0) is 10.7. The molecule has 1 aromatic carbocycles. The third kappa shape index (κ3) is 2.13. The molecule has 3 nitrogen and oxygen atoms in total. The van der Waals surface area contributed by atoms with Crippen LogP contribution in [0.3, 0.4) is 0 Å². The second-order valence-corrected chi connectivity index (χ2v) is 3.31. The fourth-order valence-electron chi connectivity index (χ4n) is 1.43. The molecule has 1 heterocycles. The minimum absolute atomic E-state index is 0.528. The highest BCUT2D eigenvalue weighted by atomic mass is 14.9. The fourth-order valence-corrected chi connectivity index (χ4v) is 1.43. The average Bonchev–Trinajstić information content (AvgIpc) is 2.29. The molecule has 0 saturated carbocycles. The van der Waals surface area contributed by atoms with E-state index in [-0.39, 0.29) is 0 Å². The average molecular weight is 199 g/mol. The molecule has 0 fully saturated rings. The third-order valence-electron chi connectivity index (χ3n) is 2.18. The second-order valence-electron chi connectivity index (χ2n) is 3.31. The molecule has 2 aromatic rings. The van der Waals surface area contributed by atoms with Crippen molar-refractivity contribution in [1.29, 1.82) is 0 Å². The summed E-state index contributed by atoms with van der Waals surface area (Å²) in [5.41, 5.74) is 7.68. The quantitative estimate of drug-likeness (QED) is 0.807. The van der Waals surface area contributed by atoms with Crippen LogP contribution in [-0.4, -0.2) is 9.97 Å². The number of rotatable bonds is 2. The molecule has 2 rings (SSSR count). The van der Waals surface area contributed by atoms with Crippen molar-refractivity contribution in [3.8, 4) is 11.3 Å². The van der Waals surface area contributed by atoms with Crippen LogP contribution in [-0.2, 0) is 6.42 Å². The molecule has 0 bridgehead atoms. The summed E-state index contributed by atoms with van der Waals surface area (Å²) in [6.07, 6.45) is 0.797. The number of anilines is 1. The fraction of sp³-hybridized carbons (Fsp3) is 0.167. The molecule has 0 radical (unpaired) electrons. The maximum Gasteiger partial charge on any atom is 0.131 e. The number of aromatic nitrogens is 2. The van der Waals surface area contributed by atoms with Gasteiger partial charge in [0.15, 0.2) is 0 Å². The summed E-state index contributed by atoms with van der Waals surface area (Å²) in [4.78, 5) is 8.58. The summed E-state index contributed by atoms with van der Waals surface area (Å²) < 4.78 is 0. The Hall–Kier alpha value is -1.90. The molecule has 0 saturated heterocycles. The third-order valence-corrected chi connectivity index (χ3v) is 2.18. The first-order valence-corrected chi connectivity index (χ1v) is 4.98. The molecule has 1 aromatic heterocycles. The number of aryl methyl sites for hydroxylation is 1. The molecular weight excluding hydrogens is 186 g/mol. The smallest absolute Gasteiger partial charge is 0.131 e. The van der Waals surface area contributed by atoms with Crippen LogP contribution < -0.4 is 5.73 Å². The Kier molecular flexibility index (Phi) is 2.63. The number of hydrogen-bond acceptors (Lipinski definition) is 3. The van der Waals surface area contributed by atoms with Crippen molar-refractivity contribution in [2.45, 2.75) is 13.3 Å². The Morgan fingerprint density at radius 2 is 1.87 bits per heavy atom. The Bertz CT molecular complexity index is 452. The molecule has 0 amide bonds. The number of hydrogen-bond donors (Lipinski definition) is 1. The summed E-state index contributed by atoms with van der Waals surface area (Å²) in [6, 6.07) is 11.8. The van der Waals surface area contributed by atoms with Crippen LogP contribution in [0.15, 0.2) is 36.4 Å². The topological polar surface area (TPSA) is 51.8 Å². The summed E-state index contributed by atoms with van der Waals surface area (Å²) in [6.45, 7) is 2.02. The van der Waals surface area contributed by atoms with Gasteiger partial charge in [0.1, 0.15) is 11.6 Å². The van der Waals surface area contributed by atoms with Gasteiger partial charge in [-0.05, 0) is 0 Å². The van der Waals surface area contributed by atoms with Crippen LogP contribution in [0.4, 0.5) is 5.82 Å². The van der Waals surface area contributed by atoms with Crippen molar-refractivity contribution >= 4 is 5.82 Å². The lowest BCUT2D eigenvalue weighted by Crippen LogP contribution is -1.99. The largest absolute Gasteiger partial charge is 0.384 e. The number of benzene rings is 1. The van der Waals surface area contributed by atoms with Gasteiger partial charge >= 0.3 is 0 Å². The monoisotopic (exact) mass is 199 g/mol. The predicted molar refractivity (Wildman–Crippen MR) is 61.3 cm³/mol. The zero-order valence-corrected chi connectivity index (χ0v) is 8.64. The number of nitrogens with zero attached hydrogens (tertiary/aromatic N) is 2. The molecule has 0 unspecified atom stereocenters. The molecule has 0 aliphatic carbocycles. The molecule has 0 atom stereocenters. The summed E-state index contributed by atoms with van der Waals surface area (Å²) in [5.74, 6) is 1.31. The minimum Gasteiger partial charge on any atom is -0.384 e. The lowest BCUT2D eigenvalue weighted by atomic mass is 10.1. The molecule has 3 heteroatoms. The highest BCUT2D eigenvalue weighted by Gasteiger charge is 2.02. The highest BCUT2D eigenvalue weighted by molar-refractivity contribution is 5.61. The minimum atomic E-state index is 0.528. The number of nitrogen functional groups attached to an aromatic ring is 1. The number of nitrogens with two attached hydrogens (primary N) is 1. The van der Waals surface area contributed by atoms with Crippen molar-refractivity contribution < 1.29 is 0 Å². The van der Waals surface area contributed by atoms with Gasteiger partial charge < -0.3 is 5.73 Å². The second kappa shape index (κ2) is 4.09. The van der Waals surface area contributed by atoms with Crippen molar-refractivity contribution in [3.05, 3.63) is 42.2 Å². The van der Waals surface area contributed by atoms with Crippen LogP contribution in [0.1, 0.15) is 12.7 Å². The van der Waals surface area contributed by atoms with Crippen molar-refractivity contribution in [3.63, 3.8) is 0 Å². The molecule has 0 aliphatic rings. The molecule has 15 heavy (non-hydrogen) atoms. The Balaban J connectivity index is 2.49. The van der Waals surface area contributed by atoms with Gasteiger partial charge in [0.05, 0.1) is 5.69 Å². The standard InChI is InChI=1S/C12H13N3/c1-2-12-14-10(8-11(13)15-12)9-6-4-3-5-7-9/h3-8H,2H2,1H3,(H2,13,14,15). The van der Waals surface area contributed by atoms with Crippen molar-refractivity contribution in [2.75, 3.05) is 5.73 Å². The van der Waals surface area contributed by atoms with E-state index in [1.54, 1.807) is 6.07 Å². The van der Waals surface area contributed by atoms with Gasteiger partial charge in [-0.2, -0.15) is 0 Å². The van der Waals surface area contributed by atoms with Gasteiger partial charge in [0.25, 0.3) is 0 Å². The molecular formula is C12H13N3. The maximum absolute atomic E-state index is 5.72. The first-order valence-electron chi connectivity index (χ1n) is 4.98. The highest BCUT2D eigenvalue weighted by Crippen LogP contribution is 2.18. The lowest BCUT2D eigenvalue weighted by molar-refractivity contribution is 0.949. The van der Waals surface area contributed by atoms with E-state index < -0.39 is 0 Å². The van der Waals surface area contributed by atoms with Gasteiger partial charge in [-0.3, -0.25) is 0 Å². The normalized spacial score (nSPS) is 10.2. The van der Waals surface area contributed by atoms with Gasteiger partial charge in [-0.15, -0.1) is 0 Å². The maximum atomic E-state index is 5.72. The van der Waals surface area contributed by atoms with Crippen LogP contribution in [0, 0.1) is 0 Å². The Morgan fingerprint density at radius 1 is 1.13 bits per heavy atom. The van der Waals surface area contributed by atoms with Gasteiger partial charge in [0.2, 0.25) is 0 Å². The van der Waals surface area contributed by atoms with Crippen molar-refractivity contribution in [1.82, 2.24) is 9.97 Å². The van der Waals surface area contributed by atoms with E-state index in [1.807, 2.05) is 37.3 Å². The predicted octanol–water partition coefficient (Wildman–Crippen LogP) is 2.29. The van der Waals surface area contributed by atoms with E-state index in [2.05, 4.69) is 9.97 Å². The Morgan fingerprint density at radius 3 is 2.53 bits per heavy atom. The lowest BCUT2D eigenvalue weighted by Gasteiger charge is -2.04. The van der Waals surface area contributed by atoms with Gasteiger partial charge in [-0.25, -0.2) is 9.97 Å². The SMILES string of the molecule is CCc1nc(N)cc(-c2ccccc2)n1. The first-order chi connectivity index (χ1) is 7.29. The van der Waals surface area contributed by atoms with Gasteiger partial charge in [0, 0.05) is 18.1 Å². The van der Waals surface area contributed by atoms with Crippen LogP contribution in [0.2, 0.25) is 0 Å². The van der Waals surface area contributed by atoms with Crippen LogP contribution >= 0.6 is 0 Å². The zero-order valence-electron chi connectivity index (χ0n) is 8.64. The molecule has 0 aliphatic heterocycles. The van der Waals surface area contributed by atoms with E-state index in [0.717, 1.165) is 23.5 Å². The molecule has 2 N–H and O–H groups in total. The van der Waals surface area contributed by atoms with E-state index in [0.29, 0.717) is 5.82 Å². The molecule has 76 valence electrons.